The molecule has 1 saturated carbocycles. The first-order valence-electron chi connectivity index (χ1n) is 8.73. The minimum Gasteiger partial charge on any atom is -0.314 e. The summed E-state index contributed by atoms with van der Waals surface area (Å²) in [5.41, 5.74) is 0. The second-order valence-corrected chi connectivity index (χ2v) is 7.41. The summed E-state index contributed by atoms with van der Waals surface area (Å²) >= 11 is 0. The molecule has 0 aromatic heterocycles. The summed E-state index contributed by atoms with van der Waals surface area (Å²) < 4.78 is 0. The Morgan fingerprint density at radius 1 is 0.895 bits per heavy atom. The number of nitrogens with zero attached hydrogens (tertiary/aromatic N) is 1. The molecule has 19 heavy (non-hydrogen) atoms. The minimum atomic E-state index is 0.852. The van der Waals surface area contributed by atoms with Gasteiger partial charge in [-0.2, -0.15) is 0 Å². The first-order valence-corrected chi connectivity index (χ1v) is 8.73. The van der Waals surface area contributed by atoms with Crippen molar-refractivity contribution in [3.05, 3.63) is 0 Å². The molecule has 110 valence electrons. The van der Waals surface area contributed by atoms with Gasteiger partial charge in [0.1, 0.15) is 0 Å². The van der Waals surface area contributed by atoms with Crippen LogP contribution < -0.4 is 5.32 Å². The molecule has 0 bridgehead atoms. The van der Waals surface area contributed by atoms with Crippen LogP contribution in [0, 0.1) is 17.8 Å². The average Bonchev–Trinajstić information content (AvgIpc) is 2.96. The van der Waals surface area contributed by atoms with Gasteiger partial charge in [0, 0.05) is 12.1 Å². The van der Waals surface area contributed by atoms with Gasteiger partial charge in [-0.15, -0.1) is 0 Å². The highest BCUT2D eigenvalue weighted by Gasteiger charge is 2.35. The Morgan fingerprint density at radius 2 is 1.68 bits per heavy atom. The van der Waals surface area contributed by atoms with Crippen molar-refractivity contribution >= 4 is 0 Å². The monoisotopic (exact) mass is 264 g/mol. The normalized spacial score (nSPS) is 42.6. The lowest BCUT2D eigenvalue weighted by atomic mass is 9.76. The highest BCUT2D eigenvalue weighted by Crippen LogP contribution is 2.35. The van der Waals surface area contributed by atoms with E-state index in [1.54, 1.807) is 0 Å². The Hall–Kier alpha value is -0.0800. The molecule has 0 aromatic rings. The van der Waals surface area contributed by atoms with Crippen molar-refractivity contribution in [3.63, 3.8) is 0 Å². The summed E-state index contributed by atoms with van der Waals surface area (Å²) in [5.74, 6) is 2.82. The molecule has 1 N–H and O–H groups in total. The maximum absolute atomic E-state index is 3.72. The quantitative estimate of drug-likeness (QED) is 0.823. The van der Waals surface area contributed by atoms with Crippen molar-refractivity contribution in [1.82, 2.24) is 10.2 Å². The van der Waals surface area contributed by atoms with Crippen LogP contribution >= 0.6 is 0 Å². The van der Waals surface area contributed by atoms with Crippen molar-refractivity contribution in [3.8, 4) is 0 Å². The molecule has 3 fully saturated rings. The molecular weight excluding hydrogens is 232 g/mol. The number of likely N-dealkylation sites (tertiary alicyclic amines) is 1. The minimum absolute atomic E-state index is 0.852. The van der Waals surface area contributed by atoms with Gasteiger partial charge in [-0.3, -0.25) is 0 Å². The first kappa shape index (κ1) is 13.9. The van der Waals surface area contributed by atoms with E-state index in [0.717, 1.165) is 29.8 Å². The summed E-state index contributed by atoms with van der Waals surface area (Å²) in [6, 6.07) is 1.74. The van der Waals surface area contributed by atoms with Gasteiger partial charge in [0.05, 0.1) is 0 Å². The molecule has 2 nitrogen and oxygen atoms in total. The highest BCUT2D eigenvalue weighted by atomic mass is 15.2. The summed E-state index contributed by atoms with van der Waals surface area (Å²) in [4.78, 5) is 2.84. The fourth-order valence-electron chi connectivity index (χ4n) is 4.84. The summed E-state index contributed by atoms with van der Waals surface area (Å²) in [6.07, 6.45) is 10.1. The fraction of sp³-hybridized carbons (Fsp3) is 1.00. The Labute approximate surface area is 119 Å². The number of rotatable bonds is 2. The predicted octanol–water partition coefficient (Wildman–Crippen LogP) is 3.28. The Kier molecular flexibility index (Phi) is 4.48. The lowest BCUT2D eigenvalue weighted by Crippen LogP contribution is -2.49. The topological polar surface area (TPSA) is 15.3 Å². The summed E-state index contributed by atoms with van der Waals surface area (Å²) in [7, 11) is 0. The number of nitrogens with one attached hydrogen (secondary N) is 1. The molecule has 0 radical (unpaired) electrons. The van der Waals surface area contributed by atoms with Gasteiger partial charge in [-0.1, -0.05) is 26.7 Å². The maximum Gasteiger partial charge on any atom is 0.0123 e. The molecule has 4 atom stereocenters. The first-order chi connectivity index (χ1) is 9.25. The molecule has 1 aliphatic carbocycles. The van der Waals surface area contributed by atoms with E-state index < -0.39 is 0 Å². The smallest absolute Gasteiger partial charge is 0.0123 e. The average molecular weight is 264 g/mol. The lowest BCUT2D eigenvalue weighted by molar-refractivity contribution is 0.0473. The van der Waals surface area contributed by atoms with Crippen LogP contribution in [-0.4, -0.2) is 36.6 Å². The van der Waals surface area contributed by atoms with Gasteiger partial charge < -0.3 is 10.2 Å². The van der Waals surface area contributed by atoms with E-state index in [0.29, 0.717) is 0 Å². The van der Waals surface area contributed by atoms with Crippen LogP contribution in [0.15, 0.2) is 0 Å². The third kappa shape index (κ3) is 3.00. The zero-order chi connectivity index (χ0) is 13.2. The van der Waals surface area contributed by atoms with E-state index in [2.05, 4.69) is 24.1 Å². The SMILES string of the molecule is CC1CCCC(N2CCC(C3CCCN3)CC2)C1C. The lowest BCUT2D eigenvalue weighted by Gasteiger charge is -2.45. The van der Waals surface area contributed by atoms with Crippen molar-refractivity contribution < 1.29 is 0 Å². The Bertz CT molecular complexity index is 277. The van der Waals surface area contributed by atoms with E-state index in [9.17, 15) is 0 Å². The van der Waals surface area contributed by atoms with Gasteiger partial charge >= 0.3 is 0 Å². The van der Waals surface area contributed by atoms with E-state index in [1.807, 2.05) is 0 Å². The van der Waals surface area contributed by atoms with E-state index in [1.165, 1.54) is 64.6 Å². The third-order valence-electron chi connectivity index (χ3n) is 6.37. The van der Waals surface area contributed by atoms with Crippen molar-refractivity contribution in [2.45, 2.75) is 70.9 Å². The standard InChI is InChI=1S/C17H32N2/c1-13-5-3-7-17(14(13)2)19-11-8-15(9-12-19)16-6-4-10-18-16/h13-18H,3-12H2,1-2H3. The second-order valence-electron chi connectivity index (χ2n) is 7.41. The molecule has 2 aliphatic heterocycles. The maximum atomic E-state index is 3.72. The predicted molar refractivity (Wildman–Crippen MR) is 81.3 cm³/mol. The van der Waals surface area contributed by atoms with Gasteiger partial charge in [0.15, 0.2) is 0 Å². The van der Waals surface area contributed by atoms with E-state index in [4.69, 9.17) is 0 Å². The largest absolute Gasteiger partial charge is 0.314 e. The van der Waals surface area contributed by atoms with E-state index in [-0.39, 0.29) is 0 Å². The fourth-order valence-corrected chi connectivity index (χ4v) is 4.84. The molecule has 2 heterocycles. The summed E-state index contributed by atoms with van der Waals surface area (Å²) in [5, 5.41) is 3.72. The van der Waals surface area contributed by atoms with Gasteiger partial charge in [0.2, 0.25) is 0 Å². The summed E-state index contributed by atoms with van der Waals surface area (Å²) in [6.45, 7) is 8.96. The van der Waals surface area contributed by atoms with Gasteiger partial charge in [-0.05, 0) is 69.5 Å². The molecular formula is C17H32N2. The van der Waals surface area contributed by atoms with Crippen LogP contribution in [0.2, 0.25) is 0 Å². The van der Waals surface area contributed by atoms with Crippen molar-refractivity contribution in [2.24, 2.45) is 17.8 Å². The molecule has 3 rings (SSSR count). The molecule has 2 saturated heterocycles. The number of hydrogen-bond acceptors (Lipinski definition) is 2. The van der Waals surface area contributed by atoms with Gasteiger partial charge in [-0.25, -0.2) is 0 Å². The van der Waals surface area contributed by atoms with Crippen LogP contribution in [0.1, 0.15) is 58.8 Å². The molecule has 0 amide bonds. The van der Waals surface area contributed by atoms with Crippen molar-refractivity contribution in [1.29, 1.82) is 0 Å². The zero-order valence-electron chi connectivity index (χ0n) is 12.9. The third-order valence-corrected chi connectivity index (χ3v) is 6.37. The second kappa shape index (κ2) is 6.13. The van der Waals surface area contributed by atoms with Crippen LogP contribution in [0.25, 0.3) is 0 Å². The van der Waals surface area contributed by atoms with Crippen molar-refractivity contribution in [2.75, 3.05) is 19.6 Å². The molecule has 2 heteroatoms. The molecule has 3 aliphatic rings. The van der Waals surface area contributed by atoms with Crippen LogP contribution in [-0.2, 0) is 0 Å². The number of piperidine rings is 1. The Balaban J connectivity index is 1.51. The van der Waals surface area contributed by atoms with Gasteiger partial charge in [0.25, 0.3) is 0 Å². The van der Waals surface area contributed by atoms with Crippen LogP contribution in [0.4, 0.5) is 0 Å². The Morgan fingerprint density at radius 3 is 2.37 bits per heavy atom. The molecule has 0 spiro atoms. The van der Waals surface area contributed by atoms with Crippen LogP contribution in [0.5, 0.6) is 0 Å². The highest BCUT2D eigenvalue weighted by molar-refractivity contribution is 4.90. The number of hydrogen-bond donors (Lipinski definition) is 1. The molecule has 0 aromatic carbocycles. The zero-order valence-corrected chi connectivity index (χ0v) is 12.9. The van der Waals surface area contributed by atoms with Crippen LogP contribution in [0.3, 0.4) is 0 Å². The van der Waals surface area contributed by atoms with E-state index >= 15 is 0 Å². The molecule has 4 unspecified atom stereocenters.